The third-order valence-electron chi connectivity index (χ3n) is 2.73. The number of anilines is 1. The first-order chi connectivity index (χ1) is 8.63. The topological polar surface area (TPSA) is 62.2 Å². The van der Waals surface area contributed by atoms with Gasteiger partial charge in [0.15, 0.2) is 0 Å². The molecular weight excluding hydrogens is 228 g/mol. The van der Waals surface area contributed by atoms with Gasteiger partial charge in [-0.1, -0.05) is 30.3 Å². The Labute approximate surface area is 105 Å². The molecule has 1 aromatic carbocycles. The van der Waals surface area contributed by atoms with Crippen molar-refractivity contribution >= 4 is 11.8 Å². The van der Waals surface area contributed by atoms with E-state index in [-0.39, 0.29) is 5.56 Å². The van der Waals surface area contributed by atoms with E-state index in [1.54, 1.807) is 13.1 Å². The van der Waals surface area contributed by atoms with Gasteiger partial charge >= 0.3 is 5.97 Å². The van der Waals surface area contributed by atoms with Gasteiger partial charge in [0.1, 0.15) is 11.4 Å². The second-order valence-electron chi connectivity index (χ2n) is 3.97. The summed E-state index contributed by atoms with van der Waals surface area (Å²) in [6.07, 6.45) is 0. The molecule has 0 saturated heterocycles. The van der Waals surface area contributed by atoms with Gasteiger partial charge < -0.3 is 10.4 Å². The third kappa shape index (κ3) is 2.18. The predicted octanol–water partition coefficient (Wildman–Crippen LogP) is 2.80. The van der Waals surface area contributed by atoms with Crippen LogP contribution in [0.1, 0.15) is 15.9 Å². The molecule has 2 N–H and O–H groups in total. The normalized spacial score (nSPS) is 10.1. The van der Waals surface area contributed by atoms with Crippen molar-refractivity contribution in [2.75, 3.05) is 12.4 Å². The summed E-state index contributed by atoms with van der Waals surface area (Å²) in [5, 5.41) is 11.9. The fourth-order valence-corrected chi connectivity index (χ4v) is 1.86. The molecule has 0 unspecified atom stereocenters. The van der Waals surface area contributed by atoms with E-state index in [0.717, 1.165) is 16.8 Å². The van der Waals surface area contributed by atoms with Gasteiger partial charge in [0, 0.05) is 12.6 Å². The maximum Gasteiger partial charge on any atom is 0.339 e. The standard InChI is InChI=1S/C14H14N2O2/c1-9-8-11(14(17)18)13(15-2)16-12(9)10-6-4-3-5-7-10/h3-8H,1-2H3,(H,15,16)(H,17,18). The Morgan fingerprint density at radius 1 is 1.28 bits per heavy atom. The van der Waals surface area contributed by atoms with E-state index in [9.17, 15) is 4.79 Å². The smallest absolute Gasteiger partial charge is 0.339 e. The molecule has 1 heterocycles. The lowest BCUT2D eigenvalue weighted by atomic mass is 10.0. The SMILES string of the molecule is CNc1nc(-c2ccccc2)c(C)cc1C(=O)O. The number of aryl methyl sites for hydroxylation is 1. The number of hydrogen-bond donors (Lipinski definition) is 2. The lowest BCUT2D eigenvalue weighted by Crippen LogP contribution is -2.07. The van der Waals surface area contributed by atoms with E-state index >= 15 is 0 Å². The number of rotatable bonds is 3. The van der Waals surface area contributed by atoms with Crippen molar-refractivity contribution in [2.45, 2.75) is 6.92 Å². The molecular formula is C14H14N2O2. The van der Waals surface area contributed by atoms with Gasteiger partial charge in [-0.25, -0.2) is 9.78 Å². The quantitative estimate of drug-likeness (QED) is 0.868. The van der Waals surface area contributed by atoms with Gasteiger partial charge in [-0.05, 0) is 18.6 Å². The molecule has 2 rings (SSSR count). The van der Waals surface area contributed by atoms with E-state index in [0.29, 0.717) is 5.82 Å². The van der Waals surface area contributed by atoms with Crippen LogP contribution in [0.2, 0.25) is 0 Å². The first kappa shape index (κ1) is 12.1. The van der Waals surface area contributed by atoms with Crippen molar-refractivity contribution in [3.05, 3.63) is 47.5 Å². The number of pyridine rings is 1. The highest BCUT2D eigenvalue weighted by atomic mass is 16.4. The molecule has 0 aliphatic rings. The van der Waals surface area contributed by atoms with Crippen molar-refractivity contribution < 1.29 is 9.90 Å². The van der Waals surface area contributed by atoms with Crippen LogP contribution in [0.25, 0.3) is 11.3 Å². The zero-order valence-electron chi connectivity index (χ0n) is 10.3. The van der Waals surface area contributed by atoms with E-state index < -0.39 is 5.97 Å². The summed E-state index contributed by atoms with van der Waals surface area (Å²) in [5.74, 6) is -0.596. The Kier molecular flexibility index (Phi) is 3.28. The lowest BCUT2D eigenvalue weighted by Gasteiger charge is -2.11. The minimum absolute atomic E-state index is 0.190. The largest absolute Gasteiger partial charge is 0.478 e. The molecule has 0 radical (unpaired) electrons. The van der Waals surface area contributed by atoms with Crippen LogP contribution in [-0.4, -0.2) is 23.1 Å². The molecule has 0 spiro atoms. The van der Waals surface area contributed by atoms with Crippen LogP contribution in [0.15, 0.2) is 36.4 Å². The van der Waals surface area contributed by atoms with E-state index in [1.807, 2.05) is 37.3 Å². The highest BCUT2D eigenvalue weighted by molar-refractivity contribution is 5.94. The molecule has 0 fully saturated rings. The molecule has 0 saturated carbocycles. The molecule has 18 heavy (non-hydrogen) atoms. The van der Waals surface area contributed by atoms with Gasteiger partial charge in [-0.3, -0.25) is 0 Å². The van der Waals surface area contributed by atoms with Gasteiger partial charge in [0.25, 0.3) is 0 Å². The summed E-state index contributed by atoms with van der Waals surface area (Å²) in [6.45, 7) is 1.86. The molecule has 0 aliphatic carbocycles. The Morgan fingerprint density at radius 3 is 2.50 bits per heavy atom. The van der Waals surface area contributed by atoms with Crippen LogP contribution >= 0.6 is 0 Å². The van der Waals surface area contributed by atoms with Gasteiger partial charge in [-0.2, -0.15) is 0 Å². The zero-order valence-corrected chi connectivity index (χ0v) is 10.3. The second-order valence-corrected chi connectivity index (χ2v) is 3.97. The minimum atomic E-state index is -0.977. The molecule has 1 aromatic heterocycles. The Balaban J connectivity index is 2.61. The summed E-state index contributed by atoms with van der Waals surface area (Å²) < 4.78 is 0. The van der Waals surface area contributed by atoms with Crippen LogP contribution in [0, 0.1) is 6.92 Å². The van der Waals surface area contributed by atoms with Gasteiger partial charge in [0.05, 0.1) is 5.69 Å². The number of benzene rings is 1. The van der Waals surface area contributed by atoms with E-state index in [1.165, 1.54) is 0 Å². The lowest BCUT2D eigenvalue weighted by molar-refractivity contribution is 0.0697. The number of aromatic nitrogens is 1. The van der Waals surface area contributed by atoms with Gasteiger partial charge in [-0.15, -0.1) is 0 Å². The summed E-state index contributed by atoms with van der Waals surface area (Å²) in [5.41, 5.74) is 2.81. The van der Waals surface area contributed by atoms with Crippen molar-refractivity contribution in [3.63, 3.8) is 0 Å². The predicted molar refractivity (Wildman–Crippen MR) is 70.9 cm³/mol. The van der Waals surface area contributed by atoms with Crippen molar-refractivity contribution in [1.82, 2.24) is 4.98 Å². The number of carboxylic acids is 1. The number of nitrogens with one attached hydrogen (secondary N) is 1. The van der Waals surface area contributed by atoms with E-state index in [2.05, 4.69) is 10.3 Å². The summed E-state index contributed by atoms with van der Waals surface area (Å²) in [7, 11) is 1.67. The molecule has 4 heteroatoms. The molecule has 0 aliphatic heterocycles. The molecule has 0 atom stereocenters. The Morgan fingerprint density at radius 2 is 1.94 bits per heavy atom. The molecule has 92 valence electrons. The van der Waals surface area contributed by atoms with Crippen molar-refractivity contribution in [3.8, 4) is 11.3 Å². The number of aromatic carboxylic acids is 1. The van der Waals surface area contributed by atoms with E-state index in [4.69, 9.17) is 5.11 Å². The highest BCUT2D eigenvalue weighted by Crippen LogP contribution is 2.25. The van der Waals surface area contributed by atoms with Crippen LogP contribution in [0.3, 0.4) is 0 Å². The maximum atomic E-state index is 11.1. The molecule has 4 nitrogen and oxygen atoms in total. The van der Waals surface area contributed by atoms with Crippen LogP contribution in [0.4, 0.5) is 5.82 Å². The fourth-order valence-electron chi connectivity index (χ4n) is 1.86. The van der Waals surface area contributed by atoms with Gasteiger partial charge in [0.2, 0.25) is 0 Å². The van der Waals surface area contributed by atoms with Crippen LogP contribution < -0.4 is 5.32 Å². The number of hydrogen-bond acceptors (Lipinski definition) is 3. The zero-order chi connectivity index (χ0) is 13.1. The first-order valence-corrected chi connectivity index (χ1v) is 5.61. The fraction of sp³-hybridized carbons (Fsp3) is 0.143. The molecule has 0 amide bonds. The number of carboxylic acid groups (broad SMARTS) is 1. The van der Waals surface area contributed by atoms with Crippen molar-refractivity contribution in [2.24, 2.45) is 0 Å². The summed E-state index contributed by atoms with van der Waals surface area (Å²) >= 11 is 0. The van der Waals surface area contributed by atoms with Crippen LogP contribution in [-0.2, 0) is 0 Å². The average molecular weight is 242 g/mol. The van der Waals surface area contributed by atoms with Crippen LogP contribution in [0.5, 0.6) is 0 Å². The second kappa shape index (κ2) is 4.87. The average Bonchev–Trinajstić information content (AvgIpc) is 2.39. The Hall–Kier alpha value is -2.36. The highest BCUT2D eigenvalue weighted by Gasteiger charge is 2.14. The molecule has 0 bridgehead atoms. The van der Waals surface area contributed by atoms with Crippen molar-refractivity contribution in [1.29, 1.82) is 0 Å². The first-order valence-electron chi connectivity index (χ1n) is 5.61. The monoisotopic (exact) mass is 242 g/mol. The maximum absolute atomic E-state index is 11.1. The Bertz CT molecular complexity index is 580. The summed E-state index contributed by atoms with van der Waals surface area (Å²) in [6, 6.07) is 11.3. The summed E-state index contributed by atoms with van der Waals surface area (Å²) in [4.78, 5) is 15.5. The molecule has 2 aromatic rings. The number of carbonyl (C=O) groups is 1. The number of nitrogens with zero attached hydrogens (tertiary/aromatic N) is 1. The minimum Gasteiger partial charge on any atom is -0.478 e. The third-order valence-corrected chi connectivity index (χ3v) is 2.73.